The fourth-order valence-corrected chi connectivity index (χ4v) is 2.63. The number of nitrogens with one attached hydrogen (secondary N) is 1. The lowest BCUT2D eigenvalue weighted by atomic mass is 10.3. The fourth-order valence-electron chi connectivity index (χ4n) is 2.11. The molecule has 0 saturated carbocycles. The molecule has 126 valence electrons. The monoisotopic (exact) mass is 374 g/mol. The number of amidine groups is 1. The van der Waals surface area contributed by atoms with Gasteiger partial charge in [0.25, 0.3) is 5.91 Å². The first kappa shape index (κ1) is 16.9. The van der Waals surface area contributed by atoms with Crippen LogP contribution in [0.1, 0.15) is 10.4 Å². The maximum atomic E-state index is 12.5. The van der Waals surface area contributed by atoms with Crippen molar-refractivity contribution in [3.63, 3.8) is 0 Å². The lowest BCUT2D eigenvalue weighted by Gasteiger charge is -2.05. The van der Waals surface area contributed by atoms with Crippen LogP contribution in [0.4, 0.5) is 5.69 Å². The van der Waals surface area contributed by atoms with Crippen LogP contribution in [-0.4, -0.2) is 26.3 Å². The molecule has 0 fully saturated rings. The van der Waals surface area contributed by atoms with Gasteiger partial charge in [0, 0.05) is 22.4 Å². The van der Waals surface area contributed by atoms with E-state index in [1.165, 1.54) is 23.0 Å². The van der Waals surface area contributed by atoms with Gasteiger partial charge < -0.3 is 11.1 Å². The van der Waals surface area contributed by atoms with E-state index in [1.54, 1.807) is 36.7 Å². The lowest BCUT2D eigenvalue weighted by molar-refractivity contribution is 0.0978. The number of amides is 1. The van der Waals surface area contributed by atoms with E-state index in [0.29, 0.717) is 26.9 Å². The molecule has 0 bridgehead atoms. The molecule has 1 amide bonds. The molecule has 0 radical (unpaired) electrons. The van der Waals surface area contributed by atoms with Crippen molar-refractivity contribution in [3.05, 3.63) is 70.7 Å². The maximum absolute atomic E-state index is 12.5. The van der Waals surface area contributed by atoms with Crippen molar-refractivity contribution in [2.45, 2.75) is 0 Å². The van der Waals surface area contributed by atoms with Crippen molar-refractivity contribution >= 4 is 46.3 Å². The molecule has 0 atom stereocenters. The van der Waals surface area contributed by atoms with Crippen molar-refractivity contribution in [2.24, 2.45) is 10.7 Å². The van der Waals surface area contributed by atoms with Gasteiger partial charge in [0.1, 0.15) is 11.4 Å². The van der Waals surface area contributed by atoms with Crippen LogP contribution in [-0.2, 0) is 0 Å². The number of fused-ring (bicyclic) bond motifs is 1. The van der Waals surface area contributed by atoms with Gasteiger partial charge in [-0.15, -0.1) is 0 Å². The Labute approximate surface area is 152 Å². The number of hydrogen-bond donors (Lipinski definition) is 2. The van der Waals surface area contributed by atoms with Crippen molar-refractivity contribution in [1.29, 1.82) is 0 Å². The molecule has 9 heteroatoms. The van der Waals surface area contributed by atoms with Crippen molar-refractivity contribution in [2.75, 3.05) is 0 Å². The summed E-state index contributed by atoms with van der Waals surface area (Å²) in [7, 11) is 0. The Morgan fingerprint density at radius 2 is 2.04 bits per heavy atom. The zero-order chi connectivity index (χ0) is 17.8. The summed E-state index contributed by atoms with van der Waals surface area (Å²) in [6, 6.07) is 6.53. The average Bonchev–Trinajstić information content (AvgIpc) is 2.98. The largest absolute Gasteiger partial charge is 0.404 e. The minimum Gasteiger partial charge on any atom is -0.404 e. The maximum Gasteiger partial charge on any atom is 0.262 e. The molecule has 0 unspecified atom stereocenters. The molecular weight excluding hydrogens is 363 g/mol. The Bertz CT molecular complexity index is 975. The summed E-state index contributed by atoms with van der Waals surface area (Å²) in [5.74, 6) is -0.195. The van der Waals surface area contributed by atoms with Crippen molar-refractivity contribution < 1.29 is 4.79 Å². The third kappa shape index (κ3) is 3.96. The molecule has 0 saturated heterocycles. The molecule has 7 nitrogen and oxygen atoms in total. The predicted molar refractivity (Wildman–Crippen MR) is 97.3 cm³/mol. The Hall–Kier alpha value is -2.90. The molecule has 1 aromatic carbocycles. The molecule has 3 rings (SSSR count). The smallest absolute Gasteiger partial charge is 0.262 e. The summed E-state index contributed by atoms with van der Waals surface area (Å²) >= 11 is 11.9. The normalized spacial score (nSPS) is 12.0. The Morgan fingerprint density at radius 1 is 1.28 bits per heavy atom. The van der Waals surface area contributed by atoms with Gasteiger partial charge >= 0.3 is 0 Å². The van der Waals surface area contributed by atoms with E-state index in [2.05, 4.69) is 20.4 Å². The van der Waals surface area contributed by atoms with Crippen molar-refractivity contribution in [3.8, 4) is 0 Å². The number of aliphatic imine (C=N–C) groups is 1. The molecule has 2 aromatic heterocycles. The van der Waals surface area contributed by atoms with E-state index >= 15 is 0 Å². The quantitative estimate of drug-likeness (QED) is 0.543. The predicted octanol–water partition coefficient (Wildman–Crippen LogP) is 2.97. The van der Waals surface area contributed by atoms with E-state index in [0.717, 1.165) is 0 Å². The van der Waals surface area contributed by atoms with Gasteiger partial charge in [-0.25, -0.2) is 14.5 Å². The zero-order valence-electron chi connectivity index (χ0n) is 12.7. The van der Waals surface area contributed by atoms with Gasteiger partial charge in [-0.2, -0.15) is 5.10 Å². The first-order valence-electron chi connectivity index (χ1n) is 7.09. The standard InChI is InChI=1S/C16H12Cl2N6O/c17-10-6-11(18)8-12(7-10)22-14(2-3-19)23-16(25)13-9-21-24-5-1-4-20-15(13)24/h1-9H,19H2,(H,22,23,25). The molecule has 0 aliphatic heterocycles. The van der Waals surface area contributed by atoms with Crippen LogP contribution in [0.3, 0.4) is 0 Å². The van der Waals surface area contributed by atoms with E-state index < -0.39 is 5.91 Å². The van der Waals surface area contributed by atoms with Gasteiger partial charge in [-0.3, -0.25) is 4.79 Å². The highest BCUT2D eigenvalue weighted by Crippen LogP contribution is 2.24. The summed E-state index contributed by atoms with van der Waals surface area (Å²) < 4.78 is 1.50. The Kier molecular flexibility index (Phi) is 4.97. The summed E-state index contributed by atoms with van der Waals surface area (Å²) in [5.41, 5.74) is 6.65. The lowest BCUT2D eigenvalue weighted by Crippen LogP contribution is -2.29. The molecule has 0 aliphatic rings. The number of aromatic nitrogens is 3. The van der Waals surface area contributed by atoms with Crippen LogP contribution in [0.15, 0.2) is 60.1 Å². The summed E-state index contributed by atoms with van der Waals surface area (Å²) in [4.78, 5) is 21.0. The SMILES string of the molecule is NC=CC(=Nc1cc(Cl)cc(Cl)c1)NC(=O)c1cnn2cccnc12. The first-order chi connectivity index (χ1) is 12.1. The van der Waals surface area contributed by atoms with Gasteiger partial charge in [-0.05, 0) is 36.5 Å². The highest BCUT2D eigenvalue weighted by molar-refractivity contribution is 6.35. The van der Waals surface area contributed by atoms with Gasteiger partial charge in [0.05, 0.1) is 11.9 Å². The third-order valence-corrected chi connectivity index (χ3v) is 3.55. The number of rotatable bonds is 3. The number of benzene rings is 1. The highest BCUT2D eigenvalue weighted by Gasteiger charge is 2.14. The molecular formula is C16H12Cl2N6O. The van der Waals surface area contributed by atoms with E-state index in [1.807, 2.05) is 0 Å². The van der Waals surface area contributed by atoms with Crippen molar-refractivity contribution in [1.82, 2.24) is 19.9 Å². The number of nitrogens with two attached hydrogens (primary N) is 1. The van der Waals surface area contributed by atoms with Crippen LogP contribution >= 0.6 is 23.2 Å². The Morgan fingerprint density at radius 3 is 2.76 bits per heavy atom. The van der Waals surface area contributed by atoms with E-state index in [4.69, 9.17) is 28.9 Å². The summed E-state index contributed by atoms with van der Waals surface area (Å²) in [6.07, 6.45) is 7.42. The number of nitrogens with zero attached hydrogens (tertiary/aromatic N) is 4. The molecule has 0 spiro atoms. The fraction of sp³-hybridized carbons (Fsp3) is 0. The average molecular weight is 375 g/mol. The first-order valence-corrected chi connectivity index (χ1v) is 7.85. The number of carbonyl (C=O) groups excluding carboxylic acids is 1. The number of carbonyl (C=O) groups is 1. The summed E-state index contributed by atoms with van der Waals surface area (Å²) in [5, 5.41) is 7.60. The second-order valence-electron chi connectivity index (χ2n) is 4.88. The minimum absolute atomic E-state index is 0.223. The van der Waals surface area contributed by atoms with Crippen LogP contribution < -0.4 is 11.1 Å². The third-order valence-electron chi connectivity index (χ3n) is 3.12. The molecule has 3 aromatic rings. The van der Waals surface area contributed by atoms with Crippen LogP contribution in [0.2, 0.25) is 10.0 Å². The number of halogens is 2. The zero-order valence-corrected chi connectivity index (χ0v) is 14.2. The van der Waals surface area contributed by atoms with E-state index in [-0.39, 0.29) is 5.84 Å². The Balaban J connectivity index is 1.91. The molecule has 3 N–H and O–H groups in total. The molecule has 2 heterocycles. The van der Waals surface area contributed by atoms with Crippen LogP contribution in [0.5, 0.6) is 0 Å². The molecule has 25 heavy (non-hydrogen) atoms. The van der Waals surface area contributed by atoms with Crippen LogP contribution in [0, 0.1) is 0 Å². The van der Waals surface area contributed by atoms with Gasteiger partial charge in [0.2, 0.25) is 0 Å². The second kappa shape index (κ2) is 7.33. The minimum atomic E-state index is -0.418. The van der Waals surface area contributed by atoms with E-state index in [9.17, 15) is 4.79 Å². The topological polar surface area (TPSA) is 97.7 Å². The highest BCUT2D eigenvalue weighted by atomic mass is 35.5. The summed E-state index contributed by atoms with van der Waals surface area (Å²) in [6.45, 7) is 0. The van der Waals surface area contributed by atoms with Crippen LogP contribution in [0.25, 0.3) is 5.65 Å². The number of hydrogen-bond acceptors (Lipinski definition) is 5. The van der Waals surface area contributed by atoms with Gasteiger partial charge in [0.15, 0.2) is 5.65 Å². The molecule has 0 aliphatic carbocycles. The second-order valence-corrected chi connectivity index (χ2v) is 5.76. The van der Waals surface area contributed by atoms with Gasteiger partial charge in [-0.1, -0.05) is 23.2 Å².